The Balaban J connectivity index is 2.58. The third kappa shape index (κ3) is 1.16. The molecule has 0 saturated carbocycles. The van der Waals surface area contributed by atoms with Gasteiger partial charge in [-0.3, -0.25) is 0 Å². The summed E-state index contributed by atoms with van der Waals surface area (Å²) in [6.45, 7) is 2.03. The summed E-state index contributed by atoms with van der Waals surface area (Å²) in [5.41, 5.74) is 1.89. The Labute approximate surface area is 89.2 Å². The van der Waals surface area contributed by atoms with Crippen LogP contribution in [0.3, 0.4) is 0 Å². The summed E-state index contributed by atoms with van der Waals surface area (Å²) in [4.78, 5) is 0. The van der Waals surface area contributed by atoms with Crippen LogP contribution in [-0.2, 0) is 0 Å². The van der Waals surface area contributed by atoms with Crippen molar-refractivity contribution >= 4 is 31.6 Å². The van der Waals surface area contributed by atoms with Gasteiger partial charge in [0.25, 0.3) is 5.88 Å². The van der Waals surface area contributed by atoms with Crippen LogP contribution in [0.4, 0.5) is 0 Å². The normalized spacial score (nSPS) is 11.3. The third-order valence-electron chi connectivity index (χ3n) is 2.30. The number of aromatic hydroxyl groups is 1. The molecule has 1 aromatic carbocycles. The first-order valence-corrected chi connectivity index (χ1v) is 5.28. The van der Waals surface area contributed by atoms with Crippen molar-refractivity contribution in [1.29, 1.82) is 0 Å². The molecule has 0 atom stereocenters. The lowest BCUT2D eigenvalue weighted by molar-refractivity contribution is 0.449. The lowest BCUT2D eigenvalue weighted by Crippen LogP contribution is -1.85. The molecule has 0 radical (unpaired) electrons. The number of benzene rings is 1. The minimum Gasteiger partial charge on any atom is -0.491 e. The summed E-state index contributed by atoms with van der Waals surface area (Å²) in [5.74, 6) is -0.0427. The predicted octanol–water partition coefficient (Wildman–Crippen LogP) is 2.25. The molecule has 15 heavy (non-hydrogen) atoms. The van der Waals surface area contributed by atoms with Gasteiger partial charge in [-0.25, -0.2) is 0 Å². The van der Waals surface area contributed by atoms with Crippen LogP contribution >= 0.6 is 11.3 Å². The molecule has 0 amide bonds. The number of aryl methyl sites for hydroxylation is 1. The van der Waals surface area contributed by atoms with Crippen LogP contribution in [0, 0.1) is 6.92 Å². The van der Waals surface area contributed by atoms with Gasteiger partial charge in [0.2, 0.25) is 0 Å². The Hall–Kier alpha value is -1.75. The van der Waals surface area contributed by atoms with Crippen LogP contribution < -0.4 is 0 Å². The van der Waals surface area contributed by atoms with E-state index in [0.717, 1.165) is 15.6 Å². The molecule has 0 bridgehead atoms. The summed E-state index contributed by atoms with van der Waals surface area (Å²) in [7, 11) is 0. The van der Waals surface area contributed by atoms with E-state index in [9.17, 15) is 5.11 Å². The summed E-state index contributed by atoms with van der Waals surface area (Å²) in [5, 5.41) is 21.6. The summed E-state index contributed by atoms with van der Waals surface area (Å²) >= 11 is 1.48. The Morgan fingerprint density at radius 3 is 3.00 bits per heavy atom. The van der Waals surface area contributed by atoms with Crippen LogP contribution in [0.1, 0.15) is 5.56 Å². The highest BCUT2D eigenvalue weighted by atomic mass is 32.1. The first kappa shape index (κ1) is 8.55. The largest absolute Gasteiger partial charge is 0.491 e. The van der Waals surface area contributed by atoms with Crippen LogP contribution in [0.5, 0.6) is 5.88 Å². The van der Waals surface area contributed by atoms with Gasteiger partial charge < -0.3 is 5.11 Å². The number of fused-ring (bicyclic) bond motifs is 3. The van der Waals surface area contributed by atoms with Gasteiger partial charge in [0.1, 0.15) is 10.2 Å². The van der Waals surface area contributed by atoms with E-state index in [4.69, 9.17) is 0 Å². The quantitative estimate of drug-likeness (QED) is 0.627. The third-order valence-corrected chi connectivity index (χ3v) is 3.46. The van der Waals surface area contributed by atoms with Crippen molar-refractivity contribution in [3.63, 3.8) is 0 Å². The average Bonchev–Trinajstić information content (AvgIpc) is 2.58. The fourth-order valence-electron chi connectivity index (χ4n) is 1.60. The van der Waals surface area contributed by atoms with Gasteiger partial charge >= 0.3 is 0 Å². The second kappa shape index (κ2) is 2.87. The molecule has 74 valence electrons. The van der Waals surface area contributed by atoms with Crippen molar-refractivity contribution in [2.75, 3.05) is 0 Å². The average molecular weight is 217 g/mol. The monoisotopic (exact) mass is 217 g/mol. The number of hydrogen-bond acceptors (Lipinski definition) is 5. The highest BCUT2D eigenvalue weighted by molar-refractivity contribution is 7.26. The zero-order chi connectivity index (χ0) is 10.4. The molecule has 0 spiro atoms. The van der Waals surface area contributed by atoms with Crippen molar-refractivity contribution in [1.82, 2.24) is 15.4 Å². The van der Waals surface area contributed by atoms with Gasteiger partial charge in [0.05, 0.1) is 0 Å². The lowest BCUT2D eigenvalue weighted by Gasteiger charge is -1.92. The molecule has 3 aromatic rings. The van der Waals surface area contributed by atoms with Crippen molar-refractivity contribution in [2.45, 2.75) is 6.92 Å². The smallest absolute Gasteiger partial charge is 0.252 e. The van der Waals surface area contributed by atoms with E-state index in [1.54, 1.807) is 0 Å². The van der Waals surface area contributed by atoms with Crippen molar-refractivity contribution in [3.8, 4) is 5.88 Å². The first-order chi connectivity index (χ1) is 7.25. The molecule has 5 heteroatoms. The fraction of sp³-hybridized carbons (Fsp3) is 0.100. The standard InChI is InChI=1S/C10H7N3OS/c1-5-2-3-7-6(4-5)8-9(15-7)10(14)12-13-11-8/h2-4H,1H3,(H,11,12,14). The molecule has 0 aliphatic rings. The molecule has 0 saturated heterocycles. The molecule has 4 nitrogen and oxygen atoms in total. The molecule has 0 aliphatic carbocycles. The highest BCUT2D eigenvalue weighted by Crippen LogP contribution is 2.35. The molecular weight excluding hydrogens is 210 g/mol. The number of thiophene rings is 1. The topological polar surface area (TPSA) is 58.9 Å². The fourth-order valence-corrected chi connectivity index (χ4v) is 2.61. The molecule has 0 aliphatic heterocycles. The molecule has 2 heterocycles. The maximum Gasteiger partial charge on any atom is 0.252 e. The van der Waals surface area contributed by atoms with Crippen LogP contribution in [0.2, 0.25) is 0 Å². The van der Waals surface area contributed by atoms with Gasteiger partial charge in [-0.2, -0.15) is 0 Å². The highest BCUT2D eigenvalue weighted by Gasteiger charge is 2.10. The van der Waals surface area contributed by atoms with Gasteiger partial charge in [-0.15, -0.1) is 16.4 Å². The zero-order valence-electron chi connectivity index (χ0n) is 7.93. The first-order valence-electron chi connectivity index (χ1n) is 4.47. The SMILES string of the molecule is Cc1ccc2sc3c(O)nnnc3c2c1. The maximum atomic E-state index is 9.54. The Bertz CT molecular complexity index is 662. The maximum absolute atomic E-state index is 9.54. The zero-order valence-corrected chi connectivity index (χ0v) is 8.75. The Morgan fingerprint density at radius 1 is 1.27 bits per heavy atom. The van der Waals surface area contributed by atoms with Gasteiger partial charge in [0, 0.05) is 10.1 Å². The van der Waals surface area contributed by atoms with E-state index in [0.29, 0.717) is 4.70 Å². The van der Waals surface area contributed by atoms with Crippen molar-refractivity contribution < 1.29 is 5.11 Å². The second-order valence-corrected chi connectivity index (χ2v) is 4.44. The van der Waals surface area contributed by atoms with Crippen molar-refractivity contribution in [2.24, 2.45) is 0 Å². The van der Waals surface area contributed by atoms with Crippen molar-refractivity contribution in [3.05, 3.63) is 23.8 Å². The van der Waals surface area contributed by atoms with Crippen LogP contribution in [-0.4, -0.2) is 20.5 Å². The molecule has 0 fully saturated rings. The molecule has 0 unspecified atom stereocenters. The van der Waals surface area contributed by atoms with Gasteiger partial charge in [0.15, 0.2) is 0 Å². The van der Waals surface area contributed by atoms with E-state index >= 15 is 0 Å². The van der Waals surface area contributed by atoms with E-state index in [1.165, 1.54) is 16.9 Å². The van der Waals surface area contributed by atoms with E-state index in [2.05, 4.69) is 15.4 Å². The minimum atomic E-state index is -0.0427. The van der Waals surface area contributed by atoms with Crippen LogP contribution in [0.15, 0.2) is 18.2 Å². The van der Waals surface area contributed by atoms with E-state index in [-0.39, 0.29) is 5.88 Å². The van der Waals surface area contributed by atoms with Gasteiger partial charge in [-0.05, 0) is 24.3 Å². The molecule has 2 aromatic heterocycles. The molecular formula is C10H7N3OS. The summed E-state index contributed by atoms with van der Waals surface area (Å²) in [6, 6.07) is 6.11. The predicted molar refractivity (Wildman–Crippen MR) is 59.1 cm³/mol. The number of rotatable bonds is 0. The molecule has 1 N–H and O–H groups in total. The Morgan fingerprint density at radius 2 is 2.13 bits per heavy atom. The number of aromatic nitrogens is 3. The molecule has 3 rings (SSSR count). The number of hydrogen-bond donors (Lipinski definition) is 1. The second-order valence-electron chi connectivity index (χ2n) is 3.39. The van der Waals surface area contributed by atoms with Crippen LogP contribution in [0.25, 0.3) is 20.3 Å². The van der Waals surface area contributed by atoms with E-state index < -0.39 is 0 Å². The summed E-state index contributed by atoms with van der Waals surface area (Å²) < 4.78 is 1.79. The Kier molecular flexibility index (Phi) is 1.63. The lowest BCUT2D eigenvalue weighted by atomic mass is 10.2. The summed E-state index contributed by atoms with van der Waals surface area (Å²) in [6.07, 6.45) is 0. The van der Waals surface area contributed by atoms with E-state index in [1.807, 2.05) is 25.1 Å². The number of nitrogens with zero attached hydrogens (tertiary/aromatic N) is 3. The minimum absolute atomic E-state index is 0.0427. The van der Waals surface area contributed by atoms with Gasteiger partial charge in [-0.1, -0.05) is 16.7 Å².